The average Bonchev–Trinajstić information content (AvgIpc) is 3.58. The molecular weight excluding hydrogens is 617 g/mol. The number of hydrogen-bond donors (Lipinski definition) is 0. The molecule has 51 heavy (non-hydrogen) atoms. The number of hydrogen-bond acceptors (Lipinski definition) is 2. The summed E-state index contributed by atoms with van der Waals surface area (Å²) >= 11 is 0. The zero-order valence-electron chi connectivity index (χ0n) is 28.0. The topological polar surface area (TPSA) is 6.48 Å². The maximum atomic E-state index is 3.36. The van der Waals surface area contributed by atoms with Crippen molar-refractivity contribution in [2.24, 2.45) is 0 Å². The van der Waals surface area contributed by atoms with Crippen LogP contribution in [-0.2, 0) is 0 Å². The third kappa shape index (κ3) is 6.81. The largest absolute Gasteiger partial charge is 0.269 e. The minimum Gasteiger partial charge on any atom is -0.269 e. The van der Waals surface area contributed by atoms with Crippen LogP contribution >= 0.6 is 0 Å². The van der Waals surface area contributed by atoms with Crippen LogP contribution in [0.15, 0.2) is 200 Å². The Morgan fingerprint density at radius 3 is 1.22 bits per heavy atom. The Kier molecular flexibility index (Phi) is 8.97. The van der Waals surface area contributed by atoms with E-state index in [9.17, 15) is 0 Å². The summed E-state index contributed by atoms with van der Waals surface area (Å²) in [6.07, 6.45) is 0. The summed E-state index contributed by atoms with van der Waals surface area (Å²) in [6, 6.07) is 69.6. The van der Waals surface area contributed by atoms with Crippen LogP contribution in [0.3, 0.4) is 0 Å². The minimum atomic E-state index is -0.140. The predicted octanol–water partition coefficient (Wildman–Crippen LogP) is 11.0. The summed E-state index contributed by atoms with van der Waals surface area (Å²) < 4.78 is 0. The quantitative estimate of drug-likeness (QED) is 0.171. The third-order valence-corrected chi connectivity index (χ3v) is 8.94. The van der Waals surface area contributed by atoms with Gasteiger partial charge in [-0.25, -0.2) is 0 Å². The first-order valence-electron chi connectivity index (χ1n) is 17.2. The molecule has 240 valence electrons. The van der Waals surface area contributed by atoms with Gasteiger partial charge in [0.15, 0.2) is 0 Å². The smallest absolute Gasteiger partial charge is 0.104 e. The molecule has 0 aromatic heterocycles. The highest BCUT2D eigenvalue weighted by Crippen LogP contribution is 2.52. The van der Waals surface area contributed by atoms with E-state index in [4.69, 9.17) is 0 Å². The van der Waals surface area contributed by atoms with Crippen molar-refractivity contribution in [1.29, 1.82) is 0 Å². The van der Waals surface area contributed by atoms with Crippen LogP contribution in [0.1, 0.15) is 45.0 Å². The van der Waals surface area contributed by atoms with Crippen molar-refractivity contribution in [2.75, 3.05) is 10.0 Å². The molecule has 0 amide bonds. The van der Waals surface area contributed by atoms with E-state index < -0.39 is 0 Å². The zero-order valence-corrected chi connectivity index (χ0v) is 28.0. The van der Waals surface area contributed by atoms with Gasteiger partial charge < -0.3 is 0 Å². The highest BCUT2D eigenvalue weighted by atomic mass is 15.7. The zero-order chi connectivity index (χ0) is 34.2. The minimum absolute atomic E-state index is 0.140. The number of para-hydroxylation sites is 2. The Morgan fingerprint density at radius 2 is 0.725 bits per heavy atom. The molecule has 0 saturated carbocycles. The molecular formula is C49H34N2. The number of nitrogens with zero attached hydrogens (tertiary/aromatic N) is 2. The molecule has 1 aliphatic heterocycles. The lowest BCUT2D eigenvalue weighted by Crippen LogP contribution is -2.39. The van der Waals surface area contributed by atoms with Gasteiger partial charge in [0.05, 0.1) is 17.1 Å². The lowest BCUT2D eigenvalue weighted by molar-refractivity contribution is 0.785. The van der Waals surface area contributed by atoms with Crippen LogP contribution in [0.25, 0.3) is 11.3 Å². The molecule has 0 aliphatic carbocycles. The summed E-state index contributed by atoms with van der Waals surface area (Å²) in [5.41, 5.74) is 11.9. The summed E-state index contributed by atoms with van der Waals surface area (Å²) in [5, 5.41) is 4.82. The molecule has 2 nitrogen and oxygen atoms in total. The van der Waals surface area contributed by atoms with E-state index in [1.54, 1.807) is 0 Å². The van der Waals surface area contributed by atoms with Crippen LogP contribution in [0, 0.1) is 23.7 Å². The molecule has 0 fully saturated rings. The molecule has 0 saturated heterocycles. The molecule has 7 aromatic rings. The molecule has 1 heterocycles. The van der Waals surface area contributed by atoms with Crippen molar-refractivity contribution in [1.82, 2.24) is 0 Å². The van der Waals surface area contributed by atoms with E-state index in [-0.39, 0.29) is 6.04 Å². The summed E-state index contributed by atoms with van der Waals surface area (Å²) in [7, 11) is 0. The second kappa shape index (κ2) is 14.6. The Balaban J connectivity index is 1.31. The van der Waals surface area contributed by atoms with Gasteiger partial charge in [-0.15, -0.1) is 0 Å². The lowest BCUT2D eigenvalue weighted by Gasteiger charge is -2.38. The highest BCUT2D eigenvalue weighted by molar-refractivity contribution is 6.05. The standard InChI is InChI=1S/C49H34N2/c1-6-16-38(17-7-1)26-28-40-30-34-43(35-31-40)48-47(42-20-10-3-11-21-42)49(44-36-32-41(33-37-44)29-27-39-18-8-2-9-19-39)51(46-24-14-5-15-25-46)50(48)45-22-12-4-13-23-45/h1-25,30-37,48H. The van der Waals surface area contributed by atoms with Crippen molar-refractivity contribution in [3.8, 4) is 23.7 Å². The second-order valence-electron chi connectivity index (χ2n) is 12.3. The van der Waals surface area contributed by atoms with Crippen molar-refractivity contribution < 1.29 is 0 Å². The molecule has 0 spiro atoms. The maximum absolute atomic E-state index is 3.36. The van der Waals surface area contributed by atoms with Gasteiger partial charge in [0.2, 0.25) is 0 Å². The van der Waals surface area contributed by atoms with Crippen LogP contribution in [0.2, 0.25) is 0 Å². The predicted molar refractivity (Wildman–Crippen MR) is 212 cm³/mol. The maximum Gasteiger partial charge on any atom is 0.104 e. The van der Waals surface area contributed by atoms with Crippen LogP contribution in [-0.4, -0.2) is 0 Å². The lowest BCUT2D eigenvalue weighted by atomic mass is 9.89. The fourth-order valence-corrected chi connectivity index (χ4v) is 6.55. The summed E-state index contributed by atoms with van der Waals surface area (Å²) in [5.74, 6) is 13.3. The summed E-state index contributed by atoms with van der Waals surface area (Å²) in [4.78, 5) is 0. The first-order chi connectivity index (χ1) is 25.3. The first-order valence-corrected chi connectivity index (χ1v) is 17.2. The molecule has 0 radical (unpaired) electrons. The molecule has 1 aliphatic rings. The highest BCUT2D eigenvalue weighted by Gasteiger charge is 2.42. The first kappa shape index (κ1) is 31.3. The van der Waals surface area contributed by atoms with Gasteiger partial charge in [-0.1, -0.05) is 151 Å². The number of hydrazine groups is 1. The Morgan fingerprint density at radius 1 is 0.333 bits per heavy atom. The Hall–Kier alpha value is -7.00. The van der Waals surface area contributed by atoms with Crippen molar-refractivity contribution >= 4 is 22.6 Å². The molecule has 0 N–H and O–H groups in total. The fraction of sp³-hybridized carbons (Fsp3) is 0.0204. The fourth-order valence-electron chi connectivity index (χ4n) is 6.55. The average molecular weight is 651 g/mol. The van der Waals surface area contributed by atoms with Gasteiger partial charge in [-0.3, -0.25) is 10.0 Å². The summed E-state index contributed by atoms with van der Waals surface area (Å²) in [6.45, 7) is 0. The van der Waals surface area contributed by atoms with E-state index in [0.717, 1.165) is 50.5 Å². The van der Waals surface area contributed by atoms with E-state index in [1.165, 1.54) is 11.1 Å². The van der Waals surface area contributed by atoms with Gasteiger partial charge in [0, 0.05) is 33.4 Å². The second-order valence-corrected chi connectivity index (χ2v) is 12.3. The SMILES string of the molecule is C(#Cc1ccc(C2=C(c3ccccc3)C(c3ccc(C#Cc4ccccc4)cc3)N(c3ccccc3)N2c2ccccc2)cc1)c1ccccc1. The van der Waals surface area contributed by atoms with Gasteiger partial charge in [-0.05, 0) is 83.9 Å². The Labute approximate surface area is 300 Å². The molecule has 8 rings (SSSR count). The number of benzene rings is 7. The Bertz CT molecular complexity index is 2380. The van der Waals surface area contributed by atoms with Crippen molar-refractivity contribution in [3.05, 3.63) is 239 Å². The molecule has 2 heteroatoms. The normalized spacial score (nSPS) is 13.6. The van der Waals surface area contributed by atoms with Gasteiger partial charge >= 0.3 is 0 Å². The third-order valence-electron chi connectivity index (χ3n) is 8.94. The number of anilines is 2. The van der Waals surface area contributed by atoms with E-state index in [1.807, 2.05) is 60.7 Å². The van der Waals surface area contributed by atoms with Crippen LogP contribution in [0.4, 0.5) is 11.4 Å². The van der Waals surface area contributed by atoms with Gasteiger partial charge in [0.1, 0.15) is 6.04 Å². The van der Waals surface area contributed by atoms with Gasteiger partial charge in [-0.2, -0.15) is 0 Å². The monoisotopic (exact) mass is 650 g/mol. The molecule has 1 atom stereocenters. The van der Waals surface area contributed by atoms with Crippen molar-refractivity contribution in [2.45, 2.75) is 6.04 Å². The molecule has 1 unspecified atom stereocenters. The van der Waals surface area contributed by atoms with Crippen molar-refractivity contribution in [3.63, 3.8) is 0 Å². The van der Waals surface area contributed by atoms with Crippen LogP contribution < -0.4 is 10.0 Å². The van der Waals surface area contributed by atoms with E-state index >= 15 is 0 Å². The molecule has 7 aromatic carbocycles. The molecule has 0 bridgehead atoms. The van der Waals surface area contributed by atoms with E-state index in [0.29, 0.717) is 0 Å². The van der Waals surface area contributed by atoms with E-state index in [2.05, 4.69) is 173 Å². The van der Waals surface area contributed by atoms with Gasteiger partial charge in [0.25, 0.3) is 0 Å². The van der Waals surface area contributed by atoms with Crippen LogP contribution in [0.5, 0.6) is 0 Å². The number of rotatable bonds is 5.